The molecule has 0 saturated heterocycles. The van der Waals surface area contributed by atoms with Gasteiger partial charge in [0.15, 0.2) is 6.10 Å². The summed E-state index contributed by atoms with van der Waals surface area (Å²) in [5.41, 5.74) is 0.947. The molecule has 0 aliphatic carbocycles. The number of aliphatic hydroxyl groups excluding tert-OH is 1. The van der Waals surface area contributed by atoms with Gasteiger partial charge in [0.2, 0.25) is 0 Å². The highest BCUT2D eigenvalue weighted by Crippen LogP contribution is 2.08. The van der Waals surface area contributed by atoms with Gasteiger partial charge in [-0.2, -0.15) is 0 Å². The first kappa shape index (κ1) is 13.7. The van der Waals surface area contributed by atoms with Crippen LogP contribution in [0.4, 0.5) is 0 Å². The highest BCUT2D eigenvalue weighted by molar-refractivity contribution is 5.75. The van der Waals surface area contributed by atoms with Gasteiger partial charge in [0.25, 0.3) is 0 Å². The topological polar surface area (TPSA) is 55.8 Å². The van der Waals surface area contributed by atoms with Gasteiger partial charge in [-0.3, -0.25) is 0 Å². The molecule has 0 bridgehead atoms. The summed E-state index contributed by atoms with van der Waals surface area (Å²) in [6.07, 6.45) is -1.83. The van der Waals surface area contributed by atoms with Gasteiger partial charge in [-0.05, 0) is 19.4 Å². The second-order valence-corrected chi connectivity index (χ2v) is 3.71. The minimum Gasteiger partial charge on any atom is -0.464 e. The van der Waals surface area contributed by atoms with Crippen LogP contribution in [0.5, 0.6) is 0 Å². The van der Waals surface area contributed by atoms with E-state index in [4.69, 9.17) is 9.47 Å². The Hall–Kier alpha value is -1.39. The molecular formula is C13H18O4. The van der Waals surface area contributed by atoms with Crippen LogP contribution >= 0.6 is 0 Å². The van der Waals surface area contributed by atoms with Crippen molar-refractivity contribution in [3.05, 3.63) is 35.9 Å². The van der Waals surface area contributed by atoms with Gasteiger partial charge in [0.05, 0.1) is 19.3 Å². The third kappa shape index (κ3) is 4.54. The zero-order valence-electron chi connectivity index (χ0n) is 10.1. The van der Waals surface area contributed by atoms with E-state index in [0.29, 0.717) is 0 Å². The molecule has 1 aromatic carbocycles. The first-order chi connectivity index (χ1) is 8.15. The molecule has 0 aromatic heterocycles. The Balaban J connectivity index is 2.53. The predicted octanol–water partition coefficient (Wildman–Crippen LogP) is 1.52. The Kier molecular flexibility index (Phi) is 5.66. The van der Waals surface area contributed by atoms with Gasteiger partial charge < -0.3 is 14.6 Å². The van der Waals surface area contributed by atoms with E-state index in [2.05, 4.69) is 0 Å². The summed E-state index contributed by atoms with van der Waals surface area (Å²) in [5, 5.41) is 9.46. The van der Waals surface area contributed by atoms with Crippen LogP contribution < -0.4 is 0 Å². The Morgan fingerprint density at radius 3 is 2.53 bits per heavy atom. The number of carbonyl (C=O) groups is 1. The van der Waals surface area contributed by atoms with Crippen LogP contribution in [0, 0.1) is 0 Å². The summed E-state index contributed by atoms with van der Waals surface area (Å²) in [7, 11) is 0. The van der Waals surface area contributed by atoms with Crippen molar-refractivity contribution in [1.29, 1.82) is 0 Å². The first-order valence-corrected chi connectivity index (χ1v) is 5.65. The number of ether oxygens (including phenoxy) is 2. The molecule has 0 aliphatic rings. The molecule has 0 fully saturated rings. The second-order valence-electron chi connectivity index (χ2n) is 3.71. The van der Waals surface area contributed by atoms with E-state index in [1.165, 1.54) is 6.92 Å². The molecule has 1 aromatic rings. The Morgan fingerprint density at radius 2 is 2.00 bits per heavy atom. The third-order valence-corrected chi connectivity index (χ3v) is 2.23. The van der Waals surface area contributed by atoms with Gasteiger partial charge in [-0.25, -0.2) is 4.79 Å². The lowest BCUT2D eigenvalue weighted by atomic mass is 10.2. The molecule has 4 nitrogen and oxygen atoms in total. The number of aliphatic hydroxyl groups is 1. The fourth-order valence-electron chi connectivity index (χ4n) is 1.39. The lowest BCUT2D eigenvalue weighted by molar-refractivity contribution is -0.165. The number of rotatable bonds is 6. The Bertz CT molecular complexity index is 335. The summed E-state index contributed by atoms with van der Waals surface area (Å²) in [5.74, 6) is -0.529. The van der Waals surface area contributed by atoms with Gasteiger partial charge >= 0.3 is 5.97 Å². The molecule has 0 spiro atoms. The van der Waals surface area contributed by atoms with E-state index in [-0.39, 0.29) is 13.2 Å². The van der Waals surface area contributed by atoms with Crippen LogP contribution in [-0.4, -0.2) is 29.9 Å². The minimum atomic E-state index is -0.935. The normalized spacial score (nSPS) is 14.1. The van der Waals surface area contributed by atoms with E-state index in [0.717, 1.165) is 5.56 Å². The van der Waals surface area contributed by atoms with Crippen molar-refractivity contribution >= 4 is 5.97 Å². The van der Waals surface area contributed by atoms with Crippen LogP contribution in [0.15, 0.2) is 30.3 Å². The summed E-state index contributed by atoms with van der Waals surface area (Å²) in [6, 6.07) is 9.47. The largest absolute Gasteiger partial charge is 0.464 e. The average molecular weight is 238 g/mol. The van der Waals surface area contributed by atoms with Gasteiger partial charge in [0.1, 0.15) is 0 Å². The van der Waals surface area contributed by atoms with Gasteiger partial charge in [-0.15, -0.1) is 0 Å². The number of hydrogen-bond acceptors (Lipinski definition) is 4. The molecule has 2 atom stereocenters. The molecule has 0 saturated carbocycles. The lowest BCUT2D eigenvalue weighted by Crippen LogP contribution is -2.36. The van der Waals surface area contributed by atoms with E-state index in [1.54, 1.807) is 6.92 Å². The van der Waals surface area contributed by atoms with E-state index < -0.39 is 18.2 Å². The summed E-state index contributed by atoms with van der Waals surface area (Å²) >= 11 is 0. The number of esters is 1. The van der Waals surface area contributed by atoms with Crippen molar-refractivity contribution in [3.63, 3.8) is 0 Å². The maximum absolute atomic E-state index is 11.5. The molecule has 2 unspecified atom stereocenters. The highest BCUT2D eigenvalue weighted by atomic mass is 16.6. The number of hydrogen-bond donors (Lipinski definition) is 1. The van der Waals surface area contributed by atoms with Crippen molar-refractivity contribution in [2.75, 3.05) is 6.61 Å². The van der Waals surface area contributed by atoms with Crippen LogP contribution in [0.1, 0.15) is 19.4 Å². The zero-order chi connectivity index (χ0) is 12.7. The van der Waals surface area contributed by atoms with Crippen molar-refractivity contribution in [3.8, 4) is 0 Å². The summed E-state index contributed by atoms with van der Waals surface area (Å²) in [4.78, 5) is 11.5. The van der Waals surface area contributed by atoms with Crippen LogP contribution in [0.2, 0.25) is 0 Å². The molecule has 94 valence electrons. The van der Waals surface area contributed by atoms with Crippen molar-refractivity contribution in [1.82, 2.24) is 0 Å². The lowest BCUT2D eigenvalue weighted by Gasteiger charge is -2.18. The molecule has 1 rings (SSSR count). The average Bonchev–Trinajstić information content (AvgIpc) is 2.30. The zero-order valence-corrected chi connectivity index (χ0v) is 10.1. The van der Waals surface area contributed by atoms with Gasteiger partial charge in [-0.1, -0.05) is 30.3 Å². The van der Waals surface area contributed by atoms with Crippen LogP contribution in [0.25, 0.3) is 0 Å². The third-order valence-electron chi connectivity index (χ3n) is 2.23. The predicted molar refractivity (Wildman–Crippen MR) is 63.3 cm³/mol. The first-order valence-electron chi connectivity index (χ1n) is 5.65. The van der Waals surface area contributed by atoms with Crippen LogP contribution in [-0.2, 0) is 20.9 Å². The Morgan fingerprint density at radius 1 is 1.35 bits per heavy atom. The molecular weight excluding hydrogens is 220 g/mol. The molecule has 0 radical (unpaired) electrons. The molecule has 17 heavy (non-hydrogen) atoms. The maximum atomic E-state index is 11.5. The SMILES string of the molecule is CCOC(=O)C(OCc1ccccc1)C(C)O. The quantitative estimate of drug-likeness (QED) is 0.763. The monoisotopic (exact) mass is 238 g/mol. The standard InChI is InChI=1S/C13H18O4/c1-3-16-13(15)12(10(2)14)17-9-11-7-5-4-6-8-11/h4-8,10,12,14H,3,9H2,1-2H3. The molecule has 0 amide bonds. The molecule has 0 aliphatic heterocycles. The highest BCUT2D eigenvalue weighted by Gasteiger charge is 2.25. The summed E-state index contributed by atoms with van der Waals surface area (Å²) in [6.45, 7) is 3.77. The van der Waals surface area contributed by atoms with E-state index in [9.17, 15) is 9.90 Å². The molecule has 4 heteroatoms. The molecule has 0 heterocycles. The smallest absolute Gasteiger partial charge is 0.337 e. The van der Waals surface area contributed by atoms with Crippen molar-refractivity contribution < 1.29 is 19.4 Å². The number of carbonyl (C=O) groups excluding carboxylic acids is 1. The Labute approximate surface area is 101 Å². The minimum absolute atomic E-state index is 0.273. The van der Waals surface area contributed by atoms with E-state index >= 15 is 0 Å². The van der Waals surface area contributed by atoms with E-state index in [1.807, 2.05) is 30.3 Å². The molecule has 1 N–H and O–H groups in total. The fraction of sp³-hybridized carbons (Fsp3) is 0.462. The number of benzene rings is 1. The maximum Gasteiger partial charge on any atom is 0.337 e. The van der Waals surface area contributed by atoms with Crippen molar-refractivity contribution in [2.24, 2.45) is 0 Å². The van der Waals surface area contributed by atoms with Crippen LogP contribution in [0.3, 0.4) is 0 Å². The van der Waals surface area contributed by atoms with Crippen molar-refractivity contribution in [2.45, 2.75) is 32.7 Å². The fourth-order valence-corrected chi connectivity index (χ4v) is 1.39. The summed E-state index contributed by atoms with van der Waals surface area (Å²) < 4.78 is 10.2. The second kappa shape index (κ2) is 7.04. The van der Waals surface area contributed by atoms with Gasteiger partial charge in [0, 0.05) is 0 Å².